The molecule has 1 aliphatic heterocycles. The average Bonchev–Trinajstić information content (AvgIpc) is 2.28. The van der Waals surface area contributed by atoms with Crippen molar-refractivity contribution >= 4 is 23.3 Å². The molecule has 2 atom stereocenters. The molecular weight excluding hydrogens is 248 g/mol. The van der Waals surface area contributed by atoms with E-state index in [2.05, 4.69) is 19.2 Å². The molecule has 0 unspecified atom stereocenters. The summed E-state index contributed by atoms with van der Waals surface area (Å²) in [6, 6.07) is 7.81. The number of nitrogens with one attached hydrogen (secondary N) is 1. The molecule has 1 aromatic rings. The van der Waals surface area contributed by atoms with Gasteiger partial charge in [-0.25, -0.2) is 4.79 Å². The molecule has 1 saturated heterocycles. The Morgan fingerprint density at radius 1 is 1.33 bits per heavy atom. The van der Waals surface area contributed by atoms with Crippen LogP contribution < -0.4 is 5.32 Å². The van der Waals surface area contributed by atoms with E-state index >= 15 is 0 Å². The zero-order chi connectivity index (χ0) is 13.1. The molecule has 98 valence electrons. The molecule has 2 amide bonds. The second-order valence-electron chi connectivity index (χ2n) is 4.98. The number of halogens is 1. The van der Waals surface area contributed by atoms with Crippen LogP contribution in [0.1, 0.15) is 33.1 Å². The first-order chi connectivity index (χ1) is 8.58. The lowest BCUT2D eigenvalue weighted by molar-refractivity contribution is 0.133. The minimum absolute atomic E-state index is 0.0306. The zero-order valence-electron chi connectivity index (χ0n) is 10.8. The molecule has 18 heavy (non-hydrogen) atoms. The van der Waals surface area contributed by atoms with Gasteiger partial charge in [0.15, 0.2) is 0 Å². The van der Waals surface area contributed by atoms with Crippen molar-refractivity contribution in [2.45, 2.75) is 45.2 Å². The maximum Gasteiger partial charge on any atom is 0.322 e. The van der Waals surface area contributed by atoms with Gasteiger partial charge in [0.1, 0.15) is 0 Å². The summed E-state index contributed by atoms with van der Waals surface area (Å²) in [7, 11) is 0. The standard InChI is InChI=1S/C14H19ClN2O/c1-10-5-3-6-11(2)17(10)14(18)16-13-8-4-7-12(15)9-13/h4,7-11H,3,5-6H2,1-2H3,(H,16,18)/t10-,11-/m0/s1. The number of likely N-dealkylation sites (tertiary alicyclic amines) is 1. The number of carbonyl (C=O) groups is 1. The number of rotatable bonds is 1. The number of urea groups is 1. The fraction of sp³-hybridized carbons (Fsp3) is 0.500. The summed E-state index contributed by atoms with van der Waals surface area (Å²) in [6.07, 6.45) is 3.35. The van der Waals surface area contributed by atoms with Crippen molar-refractivity contribution in [3.05, 3.63) is 29.3 Å². The summed E-state index contributed by atoms with van der Waals surface area (Å²) < 4.78 is 0. The lowest BCUT2D eigenvalue weighted by Crippen LogP contribution is -2.49. The SMILES string of the molecule is C[C@H]1CCC[C@H](C)N1C(=O)Nc1cccc(Cl)c1. The summed E-state index contributed by atoms with van der Waals surface area (Å²) in [4.78, 5) is 14.2. The Bertz CT molecular complexity index is 426. The van der Waals surface area contributed by atoms with Gasteiger partial charge in [-0.1, -0.05) is 17.7 Å². The third kappa shape index (κ3) is 2.96. The fourth-order valence-electron chi connectivity index (χ4n) is 2.58. The predicted molar refractivity (Wildman–Crippen MR) is 75.1 cm³/mol. The molecule has 0 saturated carbocycles. The Kier molecular flexibility index (Phi) is 4.12. The maximum absolute atomic E-state index is 12.3. The van der Waals surface area contributed by atoms with Gasteiger partial charge in [0, 0.05) is 22.8 Å². The lowest BCUT2D eigenvalue weighted by atomic mass is 9.98. The second kappa shape index (κ2) is 5.61. The highest BCUT2D eigenvalue weighted by Gasteiger charge is 2.28. The maximum atomic E-state index is 12.3. The Morgan fingerprint density at radius 2 is 2.00 bits per heavy atom. The van der Waals surface area contributed by atoms with Gasteiger partial charge in [-0.15, -0.1) is 0 Å². The first-order valence-corrected chi connectivity index (χ1v) is 6.80. The number of hydrogen-bond acceptors (Lipinski definition) is 1. The van der Waals surface area contributed by atoms with E-state index in [1.807, 2.05) is 17.0 Å². The van der Waals surface area contributed by atoms with Gasteiger partial charge in [0.25, 0.3) is 0 Å². The van der Waals surface area contributed by atoms with E-state index in [9.17, 15) is 4.79 Å². The van der Waals surface area contributed by atoms with Crippen molar-refractivity contribution in [3.8, 4) is 0 Å². The van der Waals surface area contributed by atoms with Crippen LogP contribution in [0.4, 0.5) is 10.5 Å². The highest BCUT2D eigenvalue weighted by atomic mass is 35.5. The summed E-state index contributed by atoms with van der Waals surface area (Å²) in [6.45, 7) is 4.21. The van der Waals surface area contributed by atoms with E-state index < -0.39 is 0 Å². The quantitative estimate of drug-likeness (QED) is 0.814. The first-order valence-electron chi connectivity index (χ1n) is 6.43. The van der Waals surface area contributed by atoms with E-state index in [0.29, 0.717) is 17.1 Å². The average molecular weight is 267 g/mol. The van der Waals surface area contributed by atoms with Crippen LogP contribution in [0.25, 0.3) is 0 Å². The summed E-state index contributed by atoms with van der Waals surface area (Å²) >= 11 is 5.91. The van der Waals surface area contributed by atoms with Crippen LogP contribution in [-0.4, -0.2) is 23.0 Å². The van der Waals surface area contributed by atoms with Crippen molar-refractivity contribution in [2.24, 2.45) is 0 Å². The van der Waals surface area contributed by atoms with Crippen LogP contribution in [0, 0.1) is 0 Å². The molecule has 3 nitrogen and oxygen atoms in total. The van der Waals surface area contributed by atoms with Crippen LogP contribution in [-0.2, 0) is 0 Å². The van der Waals surface area contributed by atoms with E-state index in [4.69, 9.17) is 11.6 Å². The van der Waals surface area contributed by atoms with Crippen LogP contribution in [0.15, 0.2) is 24.3 Å². The second-order valence-corrected chi connectivity index (χ2v) is 5.41. The highest BCUT2D eigenvalue weighted by molar-refractivity contribution is 6.30. The van der Waals surface area contributed by atoms with Gasteiger partial charge < -0.3 is 10.2 Å². The molecule has 0 aromatic heterocycles. The van der Waals surface area contributed by atoms with Crippen molar-refractivity contribution in [1.82, 2.24) is 4.90 Å². The molecule has 1 heterocycles. The Hall–Kier alpha value is -1.22. The van der Waals surface area contributed by atoms with Gasteiger partial charge >= 0.3 is 6.03 Å². The Labute approximate surface area is 113 Å². The molecule has 0 bridgehead atoms. The molecule has 4 heteroatoms. The van der Waals surface area contributed by atoms with Gasteiger partial charge in [-0.05, 0) is 51.3 Å². The van der Waals surface area contributed by atoms with Crippen LogP contribution in [0.2, 0.25) is 5.02 Å². The predicted octanol–water partition coefficient (Wildman–Crippen LogP) is 4.13. The number of piperidine rings is 1. The molecule has 2 rings (SSSR count). The minimum atomic E-state index is -0.0306. The normalized spacial score (nSPS) is 23.8. The first kappa shape index (κ1) is 13.2. The smallest absolute Gasteiger partial charge is 0.319 e. The number of amides is 2. The number of carbonyl (C=O) groups excluding carboxylic acids is 1. The largest absolute Gasteiger partial charge is 0.322 e. The molecule has 1 N–H and O–H groups in total. The Balaban J connectivity index is 2.07. The topological polar surface area (TPSA) is 32.3 Å². The van der Waals surface area contributed by atoms with E-state index in [0.717, 1.165) is 18.5 Å². The molecule has 1 fully saturated rings. The highest BCUT2D eigenvalue weighted by Crippen LogP contribution is 2.24. The number of nitrogens with zero attached hydrogens (tertiary/aromatic N) is 1. The third-order valence-electron chi connectivity index (χ3n) is 3.50. The molecule has 0 aliphatic carbocycles. The Morgan fingerprint density at radius 3 is 2.61 bits per heavy atom. The van der Waals surface area contributed by atoms with Crippen LogP contribution in [0.3, 0.4) is 0 Å². The van der Waals surface area contributed by atoms with Gasteiger partial charge in [-0.3, -0.25) is 0 Å². The molecule has 0 radical (unpaired) electrons. The van der Waals surface area contributed by atoms with Crippen molar-refractivity contribution < 1.29 is 4.79 Å². The molecule has 1 aliphatic rings. The third-order valence-corrected chi connectivity index (χ3v) is 3.74. The number of benzene rings is 1. The fourth-order valence-corrected chi connectivity index (χ4v) is 2.77. The van der Waals surface area contributed by atoms with E-state index in [1.54, 1.807) is 12.1 Å². The molecule has 0 spiro atoms. The van der Waals surface area contributed by atoms with E-state index in [-0.39, 0.29) is 6.03 Å². The van der Waals surface area contributed by atoms with Crippen molar-refractivity contribution in [1.29, 1.82) is 0 Å². The number of hydrogen-bond donors (Lipinski definition) is 1. The lowest BCUT2D eigenvalue weighted by Gasteiger charge is -2.38. The van der Waals surface area contributed by atoms with Gasteiger partial charge in [-0.2, -0.15) is 0 Å². The van der Waals surface area contributed by atoms with Crippen LogP contribution >= 0.6 is 11.6 Å². The van der Waals surface area contributed by atoms with Crippen molar-refractivity contribution in [2.75, 3.05) is 5.32 Å². The molecule has 1 aromatic carbocycles. The summed E-state index contributed by atoms with van der Waals surface area (Å²) in [5.41, 5.74) is 0.748. The van der Waals surface area contributed by atoms with Gasteiger partial charge in [0.2, 0.25) is 0 Å². The summed E-state index contributed by atoms with van der Waals surface area (Å²) in [5, 5.41) is 3.55. The van der Waals surface area contributed by atoms with Crippen LogP contribution in [0.5, 0.6) is 0 Å². The van der Waals surface area contributed by atoms with E-state index in [1.165, 1.54) is 6.42 Å². The number of anilines is 1. The minimum Gasteiger partial charge on any atom is -0.319 e. The van der Waals surface area contributed by atoms with Gasteiger partial charge in [0.05, 0.1) is 0 Å². The zero-order valence-corrected chi connectivity index (χ0v) is 11.6. The molecular formula is C14H19ClN2O. The summed E-state index contributed by atoms with van der Waals surface area (Å²) in [5.74, 6) is 0. The monoisotopic (exact) mass is 266 g/mol. The van der Waals surface area contributed by atoms with Crippen molar-refractivity contribution in [3.63, 3.8) is 0 Å².